The molecular weight excluding hydrogens is 475 g/mol. The number of likely N-dealkylation sites (tertiary alicyclic amines) is 1. The summed E-state index contributed by atoms with van der Waals surface area (Å²) in [6.45, 7) is 9.42. The minimum atomic E-state index is 0. The lowest BCUT2D eigenvalue weighted by Gasteiger charge is -2.21. The number of guanidine groups is 1. The van der Waals surface area contributed by atoms with Crippen LogP contribution in [0.1, 0.15) is 35.9 Å². The van der Waals surface area contributed by atoms with Crippen LogP contribution in [0.3, 0.4) is 0 Å². The number of aliphatic imine (C=N–C) groups is 1. The van der Waals surface area contributed by atoms with Gasteiger partial charge in [0.2, 0.25) is 0 Å². The molecule has 0 bridgehead atoms. The third-order valence-electron chi connectivity index (χ3n) is 5.82. The van der Waals surface area contributed by atoms with Gasteiger partial charge in [-0.05, 0) is 44.7 Å². The first kappa shape index (κ1) is 23.7. The maximum atomic E-state index is 4.50. The fourth-order valence-electron chi connectivity index (χ4n) is 4.11. The van der Waals surface area contributed by atoms with Gasteiger partial charge in [-0.1, -0.05) is 30.3 Å². The van der Waals surface area contributed by atoms with Crippen molar-refractivity contribution in [1.82, 2.24) is 25.3 Å². The number of hydrogen-bond donors (Lipinski definition) is 2. The summed E-state index contributed by atoms with van der Waals surface area (Å²) in [5.74, 6) is 0.887. The van der Waals surface area contributed by atoms with Crippen molar-refractivity contribution in [1.29, 1.82) is 0 Å². The molecule has 2 N–H and O–H groups in total. The van der Waals surface area contributed by atoms with E-state index >= 15 is 0 Å². The van der Waals surface area contributed by atoms with E-state index in [4.69, 9.17) is 0 Å². The van der Waals surface area contributed by atoms with Gasteiger partial charge in [0.05, 0.1) is 5.69 Å². The molecule has 29 heavy (non-hydrogen) atoms. The van der Waals surface area contributed by atoms with E-state index < -0.39 is 0 Å². The molecule has 1 aliphatic heterocycles. The lowest BCUT2D eigenvalue weighted by Crippen LogP contribution is -2.45. The summed E-state index contributed by atoms with van der Waals surface area (Å²) in [5, 5.41) is 11.6. The van der Waals surface area contributed by atoms with E-state index in [9.17, 15) is 0 Å². The Morgan fingerprint density at radius 2 is 1.97 bits per heavy atom. The van der Waals surface area contributed by atoms with Crippen LogP contribution in [0.2, 0.25) is 0 Å². The molecule has 1 saturated heterocycles. The Kier molecular flexibility index (Phi) is 8.95. The van der Waals surface area contributed by atoms with Gasteiger partial charge in [0.25, 0.3) is 0 Å². The molecule has 1 aromatic carbocycles. The Bertz CT molecular complexity index is 801. The van der Waals surface area contributed by atoms with E-state index in [1.54, 1.807) is 0 Å². The molecule has 1 aliphatic rings. The molecule has 2 atom stereocenters. The van der Waals surface area contributed by atoms with Crippen molar-refractivity contribution in [3.63, 3.8) is 0 Å². The lowest BCUT2D eigenvalue weighted by atomic mass is 10.1. The van der Waals surface area contributed by atoms with Gasteiger partial charge in [0.1, 0.15) is 0 Å². The van der Waals surface area contributed by atoms with Crippen molar-refractivity contribution in [2.24, 2.45) is 12.0 Å². The molecule has 2 heterocycles. The molecule has 0 radical (unpaired) electrons. The fraction of sp³-hybridized carbons (Fsp3) is 0.545. The second kappa shape index (κ2) is 11.0. The second-order valence-corrected chi connectivity index (χ2v) is 7.86. The Labute approximate surface area is 192 Å². The van der Waals surface area contributed by atoms with Crippen LogP contribution in [0.25, 0.3) is 0 Å². The van der Waals surface area contributed by atoms with Crippen molar-refractivity contribution < 1.29 is 0 Å². The largest absolute Gasteiger partial charge is 0.356 e. The van der Waals surface area contributed by atoms with Gasteiger partial charge >= 0.3 is 0 Å². The van der Waals surface area contributed by atoms with Crippen LogP contribution in [0.15, 0.2) is 35.3 Å². The number of nitrogens with one attached hydrogen (secondary N) is 2. The quantitative estimate of drug-likeness (QED) is 0.357. The number of halogens is 1. The third kappa shape index (κ3) is 6.18. The zero-order valence-corrected chi connectivity index (χ0v) is 20.6. The summed E-state index contributed by atoms with van der Waals surface area (Å²) in [7, 11) is 3.85. The fourth-order valence-corrected chi connectivity index (χ4v) is 4.11. The van der Waals surface area contributed by atoms with Crippen LogP contribution in [-0.2, 0) is 20.0 Å². The first-order valence-corrected chi connectivity index (χ1v) is 10.2. The molecule has 2 unspecified atom stereocenters. The van der Waals surface area contributed by atoms with Crippen LogP contribution >= 0.6 is 24.0 Å². The van der Waals surface area contributed by atoms with Crippen molar-refractivity contribution in [2.75, 3.05) is 20.1 Å². The van der Waals surface area contributed by atoms with Gasteiger partial charge in [-0.25, -0.2) is 0 Å². The smallest absolute Gasteiger partial charge is 0.191 e. The van der Waals surface area contributed by atoms with Gasteiger partial charge in [0, 0.05) is 51.5 Å². The molecule has 6 nitrogen and oxygen atoms in total. The first-order chi connectivity index (χ1) is 13.5. The average molecular weight is 510 g/mol. The summed E-state index contributed by atoms with van der Waals surface area (Å²) in [6.07, 6.45) is 2.09. The van der Waals surface area contributed by atoms with Gasteiger partial charge in [-0.15, -0.1) is 24.0 Å². The van der Waals surface area contributed by atoms with Gasteiger partial charge in [-0.2, -0.15) is 5.10 Å². The molecule has 1 fully saturated rings. The molecule has 1 aromatic heterocycles. The van der Waals surface area contributed by atoms with Crippen molar-refractivity contribution in [3.8, 4) is 0 Å². The van der Waals surface area contributed by atoms with E-state index in [0.717, 1.165) is 44.1 Å². The van der Waals surface area contributed by atoms with E-state index in [2.05, 4.69) is 76.7 Å². The molecule has 0 aliphatic carbocycles. The third-order valence-corrected chi connectivity index (χ3v) is 5.82. The molecule has 160 valence electrons. The van der Waals surface area contributed by atoms with E-state index in [1.807, 2.05) is 18.8 Å². The van der Waals surface area contributed by atoms with E-state index in [1.165, 1.54) is 16.8 Å². The summed E-state index contributed by atoms with van der Waals surface area (Å²) in [5.41, 5.74) is 5.06. The highest BCUT2D eigenvalue weighted by atomic mass is 127. The summed E-state index contributed by atoms with van der Waals surface area (Å²) >= 11 is 0. The highest BCUT2D eigenvalue weighted by Gasteiger charge is 2.29. The minimum Gasteiger partial charge on any atom is -0.356 e. The second-order valence-electron chi connectivity index (χ2n) is 7.86. The molecule has 0 spiro atoms. The van der Waals surface area contributed by atoms with Gasteiger partial charge in [-0.3, -0.25) is 14.6 Å². The van der Waals surface area contributed by atoms with Crippen LogP contribution in [-0.4, -0.2) is 52.9 Å². The number of aryl methyl sites for hydroxylation is 2. The first-order valence-electron chi connectivity index (χ1n) is 10.2. The SMILES string of the molecule is CN=C(NCCc1c(C)nn(C)c1C)NC1CC(C)N(Cc2ccccc2)C1.I. The number of rotatable bonds is 6. The molecule has 7 heteroatoms. The maximum absolute atomic E-state index is 4.50. The van der Waals surface area contributed by atoms with E-state index in [-0.39, 0.29) is 24.0 Å². The zero-order valence-electron chi connectivity index (χ0n) is 18.3. The molecular formula is C22H35IN6. The molecule has 2 aromatic rings. The van der Waals surface area contributed by atoms with E-state index in [0.29, 0.717) is 12.1 Å². The Balaban J connectivity index is 0.00000300. The number of benzene rings is 1. The Morgan fingerprint density at radius 3 is 2.59 bits per heavy atom. The summed E-state index contributed by atoms with van der Waals surface area (Å²) in [4.78, 5) is 6.97. The maximum Gasteiger partial charge on any atom is 0.191 e. The van der Waals surface area contributed by atoms with Crippen LogP contribution in [0, 0.1) is 13.8 Å². The number of hydrogen-bond acceptors (Lipinski definition) is 3. The monoisotopic (exact) mass is 510 g/mol. The van der Waals surface area contributed by atoms with Crippen LogP contribution in [0.5, 0.6) is 0 Å². The highest BCUT2D eigenvalue weighted by molar-refractivity contribution is 14.0. The zero-order chi connectivity index (χ0) is 20.1. The predicted octanol–water partition coefficient (Wildman–Crippen LogP) is 3.03. The minimum absolute atomic E-state index is 0. The average Bonchev–Trinajstić information content (AvgIpc) is 3.14. The van der Waals surface area contributed by atoms with Crippen molar-refractivity contribution >= 4 is 29.9 Å². The van der Waals surface area contributed by atoms with Crippen molar-refractivity contribution in [3.05, 3.63) is 52.8 Å². The topological polar surface area (TPSA) is 57.5 Å². The summed E-state index contributed by atoms with van der Waals surface area (Å²) < 4.78 is 1.96. The number of aromatic nitrogens is 2. The van der Waals surface area contributed by atoms with Gasteiger partial charge < -0.3 is 10.6 Å². The summed E-state index contributed by atoms with van der Waals surface area (Å²) in [6, 6.07) is 11.7. The van der Waals surface area contributed by atoms with Crippen molar-refractivity contribution in [2.45, 2.75) is 52.2 Å². The van der Waals surface area contributed by atoms with Crippen LogP contribution in [0.4, 0.5) is 0 Å². The Morgan fingerprint density at radius 1 is 1.24 bits per heavy atom. The standard InChI is InChI=1S/C22H34N6.HI/c1-16-13-20(15-28(16)14-19-9-7-6-8-10-19)25-22(23-4)24-12-11-21-17(2)26-27(5)18(21)3;/h6-10,16,20H,11-15H2,1-5H3,(H2,23,24,25);1H. The van der Waals surface area contributed by atoms with Crippen LogP contribution < -0.4 is 10.6 Å². The Hall–Kier alpha value is -1.61. The molecule has 0 saturated carbocycles. The molecule has 0 amide bonds. The predicted molar refractivity (Wildman–Crippen MR) is 131 cm³/mol. The number of nitrogens with zero attached hydrogens (tertiary/aromatic N) is 4. The lowest BCUT2D eigenvalue weighted by molar-refractivity contribution is 0.258. The highest BCUT2D eigenvalue weighted by Crippen LogP contribution is 2.20. The normalized spacial score (nSPS) is 19.8. The van der Waals surface area contributed by atoms with Gasteiger partial charge in [0.15, 0.2) is 5.96 Å². The molecule has 3 rings (SSSR count).